The van der Waals surface area contributed by atoms with E-state index in [0.29, 0.717) is 12.2 Å². The quantitative estimate of drug-likeness (QED) is 0.797. The van der Waals surface area contributed by atoms with Crippen LogP contribution in [0.4, 0.5) is 0 Å². The van der Waals surface area contributed by atoms with Crippen molar-refractivity contribution in [2.24, 2.45) is 0 Å². The van der Waals surface area contributed by atoms with Gasteiger partial charge in [-0.1, -0.05) is 0 Å². The van der Waals surface area contributed by atoms with E-state index in [-0.39, 0.29) is 5.56 Å². The maximum Gasteiger partial charge on any atom is 0.330 e. The van der Waals surface area contributed by atoms with Crippen molar-refractivity contribution >= 4 is 23.6 Å². The van der Waals surface area contributed by atoms with Crippen LogP contribution in [-0.2, 0) is 4.79 Å². The Morgan fingerprint density at radius 1 is 1.41 bits per heavy atom. The third kappa shape index (κ3) is 2.38. The number of thioether (sulfide) groups is 1. The lowest BCUT2D eigenvalue weighted by molar-refractivity contribution is -0.143. The second kappa shape index (κ2) is 4.70. The predicted octanol–water partition coefficient (Wildman–Crippen LogP) is 0.167. The maximum absolute atomic E-state index is 11.8. The van der Waals surface area contributed by atoms with Crippen molar-refractivity contribution in [1.29, 1.82) is 0 Å². The first-order chi connectivity index (χ1) is 8.14. The summed E-state index contributed by atoms with van der Waals surface area (Å²) in [4.78, 5) is 30.5. The van der Waals surface area contributed by atoms with Crippen molar-refractivity contribution in [2.45, 2.75) is 12.0 Å². The zero-order chi connectivity index (χ0) is 12.3. The molecule has 0 aliphatic carbocycles. The fourth-order valence-electron chi connectivity index (χ4n) is 1.59. The molecule has 0 bridgehead atoms. The van der Waals surface area contributed by atoms with E-state index < -0.39 is 17.4 Å². The van der Waals surface area contributed by atoms with Gasteiger partial charge in [0.2, 0.25) is 0 Å². The summed E-state index contributed by atoms with van der Waals surface area (Å²) in [6.07, 6.45) is 4.47. The number of rotatable bonds is 3. The Kier molecular flexibility index (Phi) is 3.28. The summed E-state index contributed by atoms with van der Waals surface area (Å²) < 4.78 is 0. The molecule has 2 rings (SSSR count). The van der Waals surface area contributed by atoms with Gasteiger partial charge in [0.1, 0.15) is 11.9 Å². The van der Waals surface area contributed by atoms with Crippen LogP contribution in [0.1, 0.15) is 16.8 Å². The lowest BCUT2D eigenvalue weighted by Crippen LogP contribution is -2.54. The van der Waals surface area contributed by atoms with Gasteiger partial charge in [0.25, 0.3) is 5.91 Å². The molecular weight excluding hydrogens is 242 g/mol. The minimum absolute atomic E-state index is 0.269. The van der Waals surface area contributed by atoms with Gasteiger partial charge in [0, 0.05) is 18.1 Å². The number of carboxylic acids is 1. The number of nitrogens with one attached hydrogen (secondary N) is 1. The van der Waals surface area contributed by atoms with Crippen molar-refractivity contribution < 1.29 is 14.7 Å². The van der Waals surface area contributed by atoms with Crippen LogP contribution in [0.2, 0.25) is 0 Å². The molecule has 1 fully saturated rings. The molecule has 7 heteroatoms. The summed E-state index contributed by atoms with van der Waals surface area (Å²) >= 11 is 1.52. The lowest BCUT2D eigenvalue weighted by atomic mass is 9.99. The smallest absolute Gasteiger partial charge is 0.330 e. The van der Waals surface area contributed by atoms with Crippen molar-refractivity contribution in [3.63, 3.8) is 0 Å². The first-order valence-corrected chi connectivity index (χ1v) is 6.18. The predicted molar refractivity (Wildman–Crippen MR) is 61.8 cm³/mol. The zero-order valence-corrected chi connectivity index (χ0v) is 9.74. The monoisotopic (exact) mass is 253 g/mol. The lowest BCUT2D eigenvalue weighted by Gasteiger charge is -2.24. The van der Waals surface area contributed by atoms with E-state index in [0.717, 1.165) is 5.75 Å². The number of amides is 1. The van der Waals surface area contributed by atoms with E-state index in [1.807, 2.05) is 0 Å². The number of aromatic nitrogens is 2. The van der Waals surface area contributed by atoms with Gasteiger partial charge in [-0.15, -0.1) is 0 Å². The van der Waals surface area contributed by atoms with Gasteiger partial charge >= 0.3 is 5.97 Å². The fraction of sp³-hybridized carbons (Fsp3) is 0.400. The van der Waals surface area contributed by atoms with E-state index in [1.54, 1.807) is 0 Å². The molecule has 6 nitrogen and oxygen atoms in total. The largest absolute Gasteiger partial charge is 0.479 e. The van der Waals surface area contributed by atoms with Gasteiger partial charge < -0.3 is 10.4 Å². The summed E-state index contributed by atoms with van der Waals surface area (Å²) in [5, 5.41) is 11.8. The first-order valence-electron chi connectivity index (χ1n) is 5.03. The fourth-order valence-corrected chi connectivity index (χ4v) is 2.92. The molecule has 1 saturated heterocycles. The van der Waals surface area contributed by atoms with Crippen molar-refractivity contribution in [2.75, 3.05) is 11.5 Å². The highest BCUT2D eigenvalue weighted by molar-refractivity contribution is 7.99. The Balaban J connectivity index is 2.15. The summed E-state index contributed by atoms with van der Waals surface area (Å²) in [6, 6.07) is 0. The van der Waals surface area contributed by atoms with Gasteiger partial charge in [-0.25, -0.2) is 14.8 Å². The average Bonchev–Trinajstić information content (AvgIpc) is 2.80. The molecule has 1 unspecified atom stereocenters. The van der Waals surface area contributed by atoms with E-state index in [1.165, 1.54) is 30.5 Å². The Bertz CT molecular complexity index is 432. The standard InChI is InChI=1S/C10H11N3O3S/c14-8(7-3-11-6-12-4-7)13-10(9(15)16)1-2-17-5-10/h3-4,6H,1-2,5H2,(H,13,14)(H,15,16). The molecule has 0 radical (unpaired) electrons. The van der Waals surface area contributed by atoms with Crippen LogP contribution in [0.5, 0.6) is 0 Å². The Morgan fingerprint density at radius 3 is 2.65 bits per heavy atom. The van der Waals surface area contributed by atoms with Crippen molar-refractivity contribution in [3.8, 4) is 0 Å². The Hall–Kier alpha value is -1.63. The number of aliphatic carboxylic acids is 1. The van der Waals surface area contributed by atoms with Crippen LogP contribution in [0, 0.1) is 0 Å². The van der Waals surface area contributed by atoms with Crippen LogP contribution in [0.15, 0.2) is 18.7 Å². The summed E-state index contributed by atoms with van der Waals surface area (Å²) in [5.74, 6) is -0.317. The molecule has 1 amide bonds. The van der Waals surface area contributed by atoms with Crippen LogP contribution < -0.4 is 5.32 Å². The zero-order valence-electron chi connectivity index (χ0n) is 8.92. The topological polar surface area (TPSA) is 92.2 Å². The molecule has 2 heterocycles. The molecule has 1 aromatic rings. The maximum atomic E-state index is 11.8. The van der Waals surface area contributed by atoms with Crippen LogP contribution in [-0.4, -0.2) is 44.0 Å². The van der Waals surface area contributed by atoms with Gasteiger partial charge in [-0.3, -0.25) is 4.79 Å². The third-order valence-electron chi connectivity index (χ3n) is 2.61. The number of hydrogen-bond acceptors (Lipinski definition) is 5. The second-order valence-corrected chi connectivity index (χ2v) is 4.88. The van der Waals surface area contributed by atoms with Gasteiger partial charge in [-0.05, 0) is 12.2 Å². The van der Waals surface area contributed by atoms with Crippen LogP contribution in [0.3, 0.4) is 0 Å². The van der Waals surface area contributed by atoms with Crippen molar-refractivity contribution in [3.05, 3.63) is 24.3 Å². The number of hydrogen-bond donors (Lipinski definition) is 2. The average molecular weight is 253 g/mol. The summed E-state index contributed by atoms with van der Waals surface area (Å²) in [6.45, 7) is 0. The van der Waals surface area contributed by atoms with E-state index in [9.17, 15) is 14.7 Å². The Labute approximate surface area is 102 Å². The molecule has 1 aliphatic heterocycles. The number of carboxylic acid groups (broad SMARTS) is 1. The number of nitrogens with zero attached hydrogens (tertiary/aromatic N) is 2. The highest BCUT2D eigenvalue weighted by atomic mass is 32.2. The molecular formula is C10H11N3O3S. The molecule has 17 heavy (non-hydrogen) atoms. The summed E-state index contributed by atoms with van der Waals surface area (Å²) in [5.41, 5.74) is -0.887. The van der Waals surface area contributed by atoms with E-state index in [4.69, 9.17) is 0 Å². The number of carbonyl (C=O) groups is 2. The highest BCUT2D eigenvalue weighted by Crippen LogP contribution is 2.28. The SMILES string of the molecule is O=C(NC1(C(=O)O)CCSC1)c1cncnc1. The van der Waals surface area contributed by atoms with Crippen LogP contribution >= 0.6 is 11.8 Å². The molecule has 1 aliphatic rings. The normalized spacial score (nSPS) is 23.3. The van der Waals surface area contributed by atoms with Gasteiger partial charge in [0.15, 0.2) is 0 Å². The van der Waals surface area contributed by atoms with Gasteiger partial charge in [-0.2, -0.15) is 11.8 Å². The molecule has 0 saturated carbocycles. The summed E-state index contributed by atoms with van der Waals surface area (Å²) in [7, 11) is 0. The highest BCUT2D eigenvalue weighted by Gasteiger charge is 2.43. The molecule has 2 N–H and O–H groups in total. The molecule has 0 spiro atoms. The molecule has 90 valence electrons. The van der Waals surface area contributed by atoms with E-state index >= 15 is 0 Å². The van der Waals surface area contributed by atoms with Crippen molar-refractivity contribution in [1.82, 2.24) is 15.3 Å². The van der Waals surface area contributed by atoms with E-state index in [2.05, 4.69) is 15.3 Å². The first kappa shape index (κ1) is 11.8. The third-order valence-corrected chi connectivity index (χ3v) is 3.80. The minimum Gasteiger partial charge on any atom is -0.479 e. The molecule has 0 aromatic carbocycles. The molecule has 1 aromatic heterocycles. The van der Waals surface area contributed by atoms with Gasteiger partial charge in [0.05, 0.1) is 5.56 Å². The molecule has 1 atom stereocenters. The Morgan fingerprint density at radius 2 is 2.12 bits per heavy atom. The second-order valence-electron chi connectivity index (χ2n) is 3.77. The van der Waals surface area contributed by atoms with Crippen LogP contribution in [0.25, 0.3) is 0 Å². The number of carbonyl (C=O) groups excluding carboxylic acids is 1. The minimum atomic E-state index is -1.16.